The van der Waals surface area contributed by atoms with Crippen LogP contribution in [0.5, 0.6) is 0 Å². The molecule has 2 N–H and O–H groups in total. The van der Waals surface area contributed by atoms with Crippen LogP contribution >= 0.6 is 11.6 Å². The lowest BCUT2D eigenvalue weighted by atomic mass is 9.91. The number of rotatable bonds is 9. The van der Waals surface area contributed by atoms with E-state index >= 15 is 0 Å². The van der Waals surface area contributed by atoms with E-state index in [1.807, 2.05) is 25.9 Å². The van der Waals surface area contributed by atoms with Gasteiger partial charge >= 0.3 is 0 Å². The summed E-state index contributed by atoms with van der Waals surface area (Å²) < 4.78 is 26.2. The Morgan fingerprint density at radius 3 is 2.54 bits per heavy atom. The molecule has 4 rings (SSSR count). The number of aromatic nitrogens is 3. The number of nitrogens with zero attached hydrogens (tertiary/aromatic N) is 4. The first-order valence-electron chi connectivity index (χ1n) is 12.8. The number of sulfone groups is 1. The van der Waals surface area contributed by atoms with Crippen LogP contribution in [0, 0.1) is 6.92 Å². The molecule has 1 aliphatic carbocycles. The van der Waals surface area contributed by atoms with E-state index in [9.17, 15) is 13.2 Å². The highest BCUT2D eigenvalue weighted by molar-refractivity contribution is 7.91. The van der Waals surface area contributed by atoms with Crippen molar-refractivity contribution in [2.45, 2.75) is 49.6 Å². The number of carbonyl (C=O) groups excluding carboxylic acids is 1. The summed E-state index contributed by atoms with van der Waals surface area (Å²) in [6.07, 6.45) is 7.55. The van der Waals surface area contributed by atoms with Crippen LogP contribution < -0.4 is 15.5 Å². The molecule has 0 saturated heterocycles. The molecule has 1 saturated carbocycles. The number of nitrogens with one attached hydrogen (secondary N) is 2. The molecule has 2 aromatic heterocycles. The number of anilines is 2. The minimum absolute atomic E-state index is 0.0196. The largest absolute Gasteiger partial charge is 0.362 e. The van der Waals surface area contributed by atoms with Crippen molar-refractivity contribution >= 4 is 39.1 Å². The van der Waals surface area contributed by atoms with Crippen LogP contribution in [0.1, 0.15) is 41.6 Å². The van der Waals surface area contributed by atoms with Gasteiger partial charge in [-0.05, 0) is 50.8 Å². The van der Waals surface area contributed by atoms with Gasteiger partial charge < -0.3 is 15.5 Å². The molecule has 2 heterocycles. The van der Waals surface area contributed by atoms with Crippen molar-refractivity contribution < 1.29 is 13.2 Å². The molecule has 1 aromatic carbocycles. The Balaban J connectivity index is 1.52. The molecule has 0 aliphatic heterocycles. The summed E-state index contributed by atoms with van der Waals surface area (Å²) in [5, 5.41) is 6.94. The summed E-state index contributed by atoms with van der Waals surface area (Å²) in [7, 11) is 0.0882. The zero-order chi connectivity index (χ0) is 28.2. The van der Waals surface area contributed by atoms with Gasteiger partial charge in [0.15, 0.2) is 9.84 Å². The minimum atomic E-state index is -3.80. The van der Waals surface area contributed by atoms with Gasteiger partial charge in [0, 0.05) is 54.7 Å². The van der Waals surface area contributed by atoms with Crippen LogP contribution in [-0.2, 0) is 9.84 Å². The van der Waals surface area contributed by atoms with Crippen molar-refractivity contribution in [3.63, 3.8) is 0 Å². The van der Waals surface area contributed by atoms with E-state index in [1.165, 1.54) is 18.3 Å². The normalized spacial score (nSPS) is 17.3. The zero-order valence-electron chi connectivity index (χ0n) is 22.3. The fourth-order valence-electron chi connectivity index (χ4n) is 4.80. The molecule has 0 atom stereocenters. The van der Waals surface area contributed by atoms with Crippen LogP contribution in [0.3, 0.4) is 0 Å². The third-order valence-corrected chi connectivity index (χ3v) is 8.59. The fraction of sp³-hybridized carbons (Fsp3) is 0.357. The Kier molecular flexibility index (Phi) is 8.87. The number of hydrogen-bond donors (Lipinski definition) is 2. The van der Waals surface area contributed by atoms with Gasteiger partial charge in [0.2, 0.25) is 5.95 Å². The molecule has 11 heteroatoms. The quantitative estimate of drug-likeness (QED) is 0.357. The Morgan fingerprint density at radius 1 is 1.15 bits per heavy atom. The van der Waals surface area contributed by atoms with Crippen molar-refractivity contribution in [1.82, 2.24) is 20.3 Å². The van der Waals surface area contributed by atoms with E-state index in [4.69, 9.17) is 11.6 Å². The lowest BCUT2D eigenvalue weighted by Crippen LogP contribution is -2.41. The SMILES string of the molecule is C=CCS(=O)(=O)c1ccnc(-c2cccc(Cl)c2)c1C(=O)NC1CCC(Nc2ncc(C)c(N(C)C)n2)CC1. The van der Waals surface area contributed by atoms with Crippen molar-refractivity contribution in [3.05, 3.63) is 71.5 Å². The van der Waals surface area contributed by atoms with Gasteiger partial charge in [-0.2, -0.15) is 4.98 Å². The maximum absolute atomic E-state index is 13.7. The highest BCUT2D eigenvalue weighted by Crippen LogP contribution is 2.30. The van der Waals surface area contributed by atoms with Crippen LogP contribution in [0.15, 0.2) is 60.3 Å². The fourth-order valence-corrected chi connectivity index (χ4v) is 6.25. The summed E-state index contributed by atoms with van der Waals surface area (Å²) in [6.45, 7) is 5.53. The molecule has 3 aromatic rings. The van der Waals surface area contributed by atoms with Crippen LogP contribution in [0.4, 0.5) is 11.8 Å². The first-order chi connectivity index (χ1) is 18.6. The third-order valence-electron chi connectivity index (χ3n) is 6.67. The predicted molar refractivity (Wildman–Crippen MR) is 155 cm³/mol. The molecule has 1 fully saturated rings. The molecule has 0 bridgehead atoms. The van der Waals surface area contributed by atoms with Crippen molar-refractivity contribution in [2.75, 3.05) is 30.1 Å². The van der Waals surface area contributed by atoms with E-state index in [-0.39, 0.29) is 34.0 Å². The van der Waals surface area contributed by atoms with E-state index in [0.29, 0.717) is 16.5 Å². The number of amides is 1. The topological polar surface area (TPSA) is 117 Å². The molecular weight excluding hydrogens is 536 g/mol. The van der Waals surface area contributed by atoms with Crippen molar-refractivity contribution in [3.8, 4) is 11.3 Å². The number of carbonyl (C=O) groups is 1. The van der Waals surface area contributed by atoms with E-state index < -0.39 is 15.7 Å². The van der Waals surface area contributed by atoms with Crippen LogP contribution in [0.25, 0.3) is 11.3 Å². The van der Waals surface area contributed by atoms with Crippen molar-refractivity contribution in [2.24, 2.45) is 0 Å². The highest BCUT2D eigenvalue weighted by atomic mass is 35.5. The van der Waals surface area contributed by atoms with Crippen LogP contribution in [0.2, 0.25) is 5.02 Å². The second kappa shape index (κ2) is 12.1. The highest BCUT2D eigenvalue weighted by Gasteiger charge is 2.29. The Bertz CT molecular complexity index is 1470. The lowest BCUT2D eigenvalue weighted by molar-refractivity contribution is 0.0923. The molecule has 0 unspecified atom stereocenters. The van der Waals surface area contributed by atoms with Crippen LogP contribution in [-0.4, -0.2) is 61.2 Å². The Labute approximate surface area is 234 Å². The summed E-state index contributed by atoms with van der Waals surface area (Å²) in [6, 6.07) is 8.27. The molecule has 9 nitrogen and oxygen atoms in total. The molecule has 0 radical (unpaired) electrons. The lowest BCUT2D eigenvalue weighted by Gasteiger charge is -2.30. The number of hydrogen-bond acceptors (Lipinski definition) is 8. The van der Waals surface area contributed by atoms with E-state index in [0.717, 1.165) is 37.1 Å². The minimum Gasteiger partial charge on any atom is -0.362 e. The number of pyridine rings is 1. The standard InChI is InChI=1S/C28H33ClN6O3S/c1-5-15-39(37,38)23-13-14-30-25(19-7-6-8-20(29)16-19)24(23)27(36)32-21-9-11-22(12-10-21)33-28-31-17-18(2)26(34-28)35(3)4/h5-8,13-14,16-17,21-22H,1,9-12,15H2,2-4H3,(H,32,36)(H,31,33,34). The summed E-state index contributed by atoms with van der Waals surface area (Å²) in [4.78, 5) is 29.0. The summed E-state index contributed by atoms with van der Waals surface area (Å²) in [5.41, 5.74) is 1.85. The molecule has 206 valence electrons. The van der Waals surface area contributed by atoms with Gasteiger partial charge in [0.1, 0.15) is 5.82 Å². The third kappa shape index (κ3) is 6.75. The summed E-state index contributed by atoms with van der Waals surface area (Å²) >= 11 is 6.19. The van der Waals surface area contributed by atoms with Gasteiger partial charge in [-0.1, -0.05) is 29.8 Å². The van der Waals surface area contributed by atoms with Gasteiger partial charge in [0.05, 0.1) is 21.9 Å². The Morgan fingerprint density at radius 2 is 1.87 bits per heavy atom. The van der Waals surface area contributed by atoms with Crippen molar-refractivity contribution in [1.29, 1.82) is 0 Å². The molecule has 39 heavy (non-hydrogen) atoms. The van der Waals surface area contributed by atoms with E-state index in [2.05, 4.69) is 32.2 Å². The second-order valence-electron chi connectivity index (χ2n) is 9.87. The maximum Gasteiger partial charge on any atom is 0.255 e. The van der Waals surface area contributed by atoms with Gasteiger partial charge in [-0.25, -0.2) is 13.4 Å². The molecule has 1 amide bonds. The number of benzene rings is 1. The summed E-state index contributed by atoms with van der Waals surface area (Å²) in [5.74, 6) is 0.673. The Hall–Kier alpha value is -3.50. The zero-order valence-corrected chi connectivity index (χ0v) is 23.9. The second-order valence-corrected chi connectivity index (χ2v) is 12.3. The first kappa shape index (κ1) is 28.5. The smallest absolute Gasteiger partial charge is 0.255 e. The molecular formula is C28H33ClN6O3S. The van der Waals surface area contributed by atoms with Gasteiger partial charge in [-0.3, -0.25) is 9.78 Å². The molecule has 1 aliphatic rings. The van der Waals surface area contributed by atoms with E-state index in [1.54, 1.807) is 30.5 Å². The predicted octanol–water partition coefficient (Wildman–Crippen LogP) is 4.68. The number of aryl methyl sites for hydroxylation is 1. The first-order valence-corrected chi connectivity index (χ1v) is 14.8. The van der Waals surface area contributed by atoms with Gasteiger partial charge in [0.25, 0.3) is 5.91 Å². The average Bonchev–Trinajstić information content (AvgIpc) is 2.90. The maximum atomic E-state index is 13.7. The monoisotopic (exact) mass is 568 g/mol. The van der Waals surface area contributed by atoms with Gasteiger partial charge in [-0.15, -0.1) is 6.58 Å². The number of halogens is 1. The molecule has 0 spiro atoms. The average molecular weight is 569 g/mol.